The van der Waals surface area contributed by atoms with Gasteiger partial charge in [-0.05, 0) is 25.7 Å². The van der Waals surface area contributed by atoms with Gasteiger partial charge in [0.25, 0.3) is 0 Å². The first-order chi connectivity index (χ1) is 8.98. The number of fused-ring (bicyclic) bond motifs is 1. The first-order valence-electron chi connectivity index (χ1n) is 6.76. The van der Waals surface area contributed by atoms with Crippen LogP contribution in [0.1, 0.15) is 19.3 Å². The molecular weight excluding hydrogens is 249 g/mol. The molecule has 2 heterocycles. The zero-order chi connectivity index (χ0) is 14.1. The quantitative estimate of drug-likeness (QED) is 0.307. The Morgan fingerprint density at radius 1 is 1.47 bits per heavy atom. The molecule has 2 saturated heterocycles. The molecule has 2 aliphatic rings. The highest BCUT2D eigenvalue weighted by molar-refractivity contribution is 6.40. The summed E-state index contributed by atoms with van der Waals surface area (Å²) < 4.78 is 0. The standard InChI is InChI=1S/C11H22BN3O4/c13-6-8-10(2-1-4-12(18)19)3-5-15-11(10,7-14-8)9(16)17/h8,14-15,18-19H,1-7,13H2,(H,16,17)/t8-,10+,11+/m0/s1. The molecule has 2 aliphatic heterocycles. The summed E-state index contributed by atoms with van der Waals surface area (Å²) in [6.45, 7) is 1.41. The lowest BCUT2D eigenvalue weighted by Crippen LogP contribution is -2.59. The molecule has 0 spiro atoms. The summed E-state index contributed by atoms with van der Waals surface area (Å²) in [4.78, 5) is 11.7. The maximum Gasteiger partial charge on any atom is 0.451 e. The normalized spacial score (nSPS) is 37.3. The molecule has 3 atom stereocenters. The molecule has 0 aliphatic carbocycles. The van der Waals surface area contributed by atoms with Crippen LogP contribution in [-0.2, 0) is 4.79 Å². The lowest BCUT2D eigenvalue weighted by Gasteiger charge is -2.39. The maximum absolute atomic E-state index is 11.7. The smallest absolute Gasteiger partial charge is 0.451 e. The van der Waals surface area contributed by atoms with Gasteiger partial charge in [-0.3, -0.25) is 4.79 Å². The van der Waals surface area contributed by atoms with Crippen molar-refractivity contribution in [3.8, 4) is 0 Å². The Morgan fingerprint density at radius 3 is 2.79 bits per heavy atom. The lowest BCUT2D eigenvalue weighted by atomic mass is 9.64. The summed E-state index contributed by atoms with van der Waals surface area (Å²) in [6, 6.07) is -0.0468. The van der Waals surface area contributed by atoms with E-state index in [1.54, 1.807) is 0 Å². The van der Waals surface area contributed by atoms with E-state index in [0.29, 0.717) is 32.5 Å². The number of carboxylic acids is 1. The van der Waals surface area contributed by atoms with Crippen LogP contribution in [0.5, 0.6) is 0 Å². The van der Waals surface area contributed by atoms with Gasteiger partial charge in [-0.25, -0.2) is 0 Å². The van der Waals surface area contributed by atoms with Crippen LogP contribution in [0.25, 0.3) is 0 Å². The predicted molar refractivity (Wildman–Crippen MR) is 70.5 cm³/mol. The van der Waals surface area contributed by atoms with E-state index in [9.17, 15) is 9.90 Å². The van der Waals surface area contributed by atoms with Crippen LogP contribution in [0.3, 0.4) is 0 Å². The lowest BCUT2D eigenvalue weighted by molar-refractivity contribution is -0.147. The van der Waals surface area contributed by atoms with Gasteiger partial charge in [0.05, 0.1) is 0 Å². The highest BCUT2D eigenvalue weighted by Crippen LogP contribution is 2.50. The van der Waals surface area contributed by atoms with Gasteiger partial charge in [0.1, 0.15) is 5.54 Å². The van der Waals surface area contributed by atoms with Crippen molar-refractivity contribution in [1.82, 2.24) is 10.6 Å². The van der Waals surface area contributed by atoms with Crippen molar-refractivity contribution in [2.75, 3.05) is 19.6 Å². The van der Waals surface area contributed by atoms with Crippen molar-refractivity contribution in [1.29, 1.82) is 0 Å². The van der Waals surface area contributed by atoms with Gasteiger partial charge >= 0.3 is 13.1 Å². The van der Waals surface area contributed by atoms with Crippen molar-refractivity contribution < 1.29 is 19.9 Å². The summed E-state index contributed by atoms with van der Waals surface area (Å²) in [5.41, 5.74) is 4.37. The van der Waals surface area contributed by atoms with Crippen LogP contribution >= 0.6 is 0 Å². The van der Waals surface area contributed by atoms with E-state index in [4.69, 9.17) is 15.8 Å². The van der Waals surface area contributed by atoms with E-state index in [-0.39, 0.29) is 12.4 Å². The van der Waals surface area contributed by atoms with Gasteiger partial charge in [-0.15, -0.1) is 0 Å². The third kappa shape index (κ3) is 2.17. The molecule has 19 heavy (non-hydrogen) atoms. The Bertz CT molecular complexity index is 357. The summed E-state index contributed by atoms with van der Waals surface area (Å²) in [7, 11) is -1.34. The van der Waals surface area contributed by atoms with E-state index in [1.807, 2.05) is 0 Å². The van der Waals surface area contributed by atoms with Crippen molar-refractivity contribution in [3.05, 3.63) is 0 Å². The molecule has 0 bridgehead atoms. The molecule has 0 aromatic carbocycles. The molecular formula is C11H22BN3O4. The van der Waals surface area contributed by atoms with Crippen molar-refractivity contribution in [2.45, 2.75) is 37.2 Å². The van der Waals surface area contributed by atoms with E-state index in [1.165, 1.54) is 0 Å². The van der Waals surface area contributed by atoms with Gasteiger partial charge in [0.2, 0.25) is 0 Å². The van der Waals surface area contributed by atoms with Gasteiger partial charge < -0.3 is 31.5 Å². The van der Waals surface area contributed by atoms with Crippen LogP contribution < -0.4 is 16.4 Å². The molecule has 2 fully saturated rings. The summed E-state index contributed by atoms with van der Waals surface area (Å²) in [5.74, 6) is -0.849. The van der Waals surface area contributed by atoms with E-state index < -0.39 is 24.0 Å². The topological polar surface area (TPSA) is 128 Å². The van der Waals surface area contributed by atoms with Crippen LogP contribution in [0.4, 0.5) is 0 Å². The highest BCUT2D eigenvalue weighted by Gasteiger charge is 2.66. The van der Waals surface area contributed by atoms with Crippen molar-refractivity contribution in [3.63, 3.8) is 0 Å². The van der Waals surface area contributed by atoms with Crippen LogP contribution in [-0.4, -0.2) is 59.5 Å². The Balaban J connectivity index is 2.21. The number of carbonyl (C=O) groups is 1. The number of carboxylic acid groups (broad SMARTS) is 1. The largest absolute Gasteiger partial charge is 0.480 e. The first kappa shape index (κ1) is 14.7. The van der Waals surface area contributed by atoms with Crippen LogP contribution in [0, 0.1) is 5.41 Å². The molecule has 7 N–H and O–H groups in total. The van der Waals surface area contributed by atoms with Crippen LogP contribution in [0.2, 0.25) is 6.32 Å². The molecule has 0 amide bonds. The van der Waals surface area contributed by atoms with Gasteiger partial charge in [-0.1, -0.05) is 6.42 Å². The Hall–Kier alpha value is -0.665. The van der Waals surface area contributed by atoms with Gasteiger partial charge in [0.15, 0.2) is 0 Å². The highest BCUT2D eigenvalue weighted by atomic mass is 16.4. The monoisotopic (exact) mass is 271 g/mol. The second kappa shape index (κ2) is 5.38. The Kier molecular flexibility index (Phi) is 4.17. The summed E-state index contributed by atoms with van der Waals surface area (Å²) >= 11 is 0. The third-order valence-electron chi connectivity index (χ3n) is 4.81. The van der Waals surface area contributed by atoms with E-state index in [0.717, 1.165) is 6.42 Å². The molecule has 0 aromatic rings. The molecule has 2 rings (SSSR count). The van der Waals surface area contributed by atoms with E-state index >= 15 is 0 Å². The predicted octanol–water partition coefficient (Wildman–Crippen LogP) is -2.03. The molecule has 0 aromatic heterocycles. The Labute approximate surface area is 112 Å². The number of rotatable bonds is 6. The van der Waals surface area contributed by atoms with Crippen molar-refractivity contribution >= 4 is 13.1 Å². The fourth-order valence-corrected chi connectivity index (χ4v) is 3.86. The van der Waals surface area contributed by atoms with Gasteiger partial charge in [0, 0.05) is 24.5 Å². The third-order valence-corrected chi connectivity index (χ3v) is 4.81. The van der Waals surface area contributed by atoms with E-state index in [2.05, 4.69) is 10.6 Å². The zero-order valence-electron chi connectivity index (χ0n) is 10.9. The second-order valence-electron chi connectivity index (χ2n) is 5.59. The first-order valence-corrected chi connectivity index (χ1v) is 6.76. The number of hydrogen-bond donors (Lipinski definition) is 6. The molecule has 0 saturated carbocycles. The minimum atomic E-state index is -1.34. The number of aliphatic carboxylic acids is 1. The Morgan fingerprint density at radius 2 is 2.21 bits per heavy atom. The second-order valence-corrected chi connectivity index (χ2v) is 5.59. The fraction of sp³-hybridized carbons (Fsp3) is 0.909. The molecule has 0 radical (unpaired) electrons. The van der Waals surface area contributed by atoms with Crippen LogP contribution in [0.15, 0.2) is 0 Å². The summed E-state index contributed by atoms with van der Waals surface area (Å²) in [5, 5.41) is 33.9. The SMILES string of the molecule is NC[C@@H]1NC[C@]2(C(=O)O)NCC[C@]12CCCB(O)O. The minimum absolute atomic E-state index is 0.0468. The molecule has 108 valence electrons. The van der Waals surface area contributed by atoms with Gasteiger partial charge in [-0.2, -0.15) is 0 Å². The summed E-state index contributed by atoms with van der Waals surface area (Å²) in [6.07, 6.45) is 2.20. The average molecular weight is 271 g/mol. The maximum atomic E-state index is 11.7. The minimum Gasteiger partial charge on any atom is -0.480 e. The molecule has 7 nitrogen and oxygen atoms in total. The molecule has 0 unspecified atom stereocenters. The number of hydrogen-bond acceptors (Lipinski definition) is 6. The fourth-order valence-electron chi connectivity index (χ4n) is 3.86. The number of nitrogens with one attached hydrogen (secondary N) is 2. The van der Waals surface area contributed by atoms with Crippen molar-refractivity contribution in [2.24, 2.45) is 11.1 Å². The zero-order valence-corrected chi connectivity index (χ0v) is 10.9. The number of nitrogens with two attached hydrogens (primary N) is 1. The average Bonchev–Trinajstić information content (AvgIpc) is 2.82. The molecule has 8 heteroatoms.